The van der Waals surface area contributed by atoms with Gasteiger partial charge in [-0.05, 0) is 13.8 Å². The molecule has 2 rings (SSSR count). The summed E-state index contributed by atoms with van der Waals surface area (Å²) in [6.07, 6.45) is 0.924. The van der Waals surface area contributed by atoms with E-state index in [-0.39, 0.29) is 11.0 Å². The fourth-order valence-electron chi connectivity index (χ4n) is 2.25. The standard InChI is InChI=1S/C14H22N2O2S/c1-13(2,3)11-10(8-17)19-12(15-11)16-6-7-18-14(4,5)9-16/h8H,6-7,9H2,1-5H3. The van der Waals surface area contributed by atoms with Gasteiger partial charge >= 0.3 is 0 Å². The minimum atomic E-state index is -0.160. The number of rotatable bonds is 2. The molecule has 1 aromatic rings. The first-order chi connectivity index (χ1) is 8.73. The van der Waals surface area contributed by atoms with Crippen molar-refractivity contribution in [3.05, 3.63) is 10.6 Å². The highest BCUT2D eigenvalue weighted by Gasteiger charge is 2.31. The first-order valence-corrected chi connectivity index (χ1v) is 7.40. The molecule has 0 aliphatic carbocycles. The summed E-state index contributed by atoms with van der Waals surface area (Å²) >= 11 is 1.48. The number of hydrogen-bond donors (Lipinski definition) is 0. The number of carbonyl (C=O) groups excluding carboxylic acids is 1. The van der Waals surface area contributed by atoms with Gasteiger partial charge in [-0.3, -0.25) is 4.79 Å². The van der Waals surface area contributed by atoms with E-state index in [1.165, 1.54) is 11.3 Å². The summed E-state index contributed by atoms with van der Waals surface area (Å²) in [4.78, 5) is 18.9. The lowest BCUT2D eigenvalue weighted by atomic mass is 9.91. The summed E-state index contributed by atoms with van der Waals surface area (Å²) in [5, 5.41) is 0.934. The van der Waals surface area contributed by atoms with Crippen molar-refractivity contribution >= 4 is 22.8 Å². The van der Waals surface area contributed by atoms with Crippen molar-refractivity contribution in [2.45, 2.75) is 45.6 Å². The number of ether oxygens (including phenoxy) is 1. The minimum absolute atomic E-state index is 0.104. The first kappa shape index (κ1) is 14.5. The lowest BCUT2D eigenvalue weighted by Gasteiger charge is -2.38. The molecule has 0 amide bonds. The van der Waals surface area contributed by atoms with Gasteiger partial charge in [-0.25, -0.2) is 4.98 Å². The predicted molar refractivity (Wildman–Crippen MR) is 78.4 cm³/mol. The molecule has 0 aromatic carbocycles. The van der Waals surface area contributed by atoms with Crippen LogP contribution < -0.4 is 4.90 Å². The normalized spacial score (nSPS) is 19.5. The third-order valence-electron chi connectivity index (χ3n) is 3.16. The Hall–Kier alpha value is -0.940. The van der Waals surface area contributed by atoms with Gasteiger partial charge < -0.3 is 9.64 Å². The molecule has 0 saturated carbocycles. The van der Waals surface area contributed by atoms with Crippen molar-refractivity contribution in [2.24, 2.45) is 0 Å². The Kier molecular flexibility index (Phi) is 3.71. The van der Waals surface area contributed by atoms with Crippen molar-refractivity contribution in [3.8, 4) is 0 Å². The Labute approximate surface area is 118 Å². The summed E-state index contributed by atoms with van der Waals surface area (Å²) in [7, 11) is 0. The van der Waals surface area contributed by atoms with Gasteiger partial charge in [-0.1, -0.05) is 32.1 Å². The van der Waals surface area contributed by atoms with E-state index in [2.05, 4.69) is 39.5 Å². The van der Waals surface area contributed by atoms with Crippen LogP contribution in [0, 0.1) is 0 Å². The largest absolute Gasteiger partial charge is 0.372 e. The Morgan fingerprint density at radius 2 is 2.11 bits per heavy atom. The SMILES string of the molecule is CC1(C)CN(c2nc(C(C)(C)C)c(C=O)s2)CCO1. The van der Waals surface area contributed by atoms with Crippen LogP contribution >= 0.6 is 11.3 Å². The van der Waals surface area contributed by atoms with Crippen LogP contribution in [0.3, 0.4) is 0 Å². The van der Waals surface area contributed by atoms with Gasteiger partial charge in [0.05, 0.1) is 22.8 Å². The summed E-state index contributed by atoms with van der Waals surface area (Å²) in [6.45, 7) is 12.8. The van der Waals surface area contributed by atoms with Gasteiger partial charge in [0.2, 0.25) is 0 Å². The topological polar surface area (TPSA) is 42.4 Å². The maximum absolute atomic E-state index is 11.2. The number of carbonyl (C=O) groups is 1. The van der Waals surface area contributed by atoms with Crippen LogP contribution in [-0.4, -0.2) is 36.6 Å². The van der Waals surface area contributed by atoms with Crippen LogP contribution in [0.1, 0.15) is 50.0 Å². The summed E-state index contributed by atoms with van der Waals surface area (Å²) < 4.78 is 5.71. The molecule has 0 N–H and O–H groups in total. The molecule has 1 fully saturated rings. The molecular formula is C14H22N2O2S. The first-order valence-electron chi connectivity index (χ1n) is 6.58. The number of hydrogen-bond acceptors (Lipinski definition) is 5. The lowest BCUT2D eigenvalue weighted by molar-refractivity contribution is -0.0277. The fourth-order valence-corrected chi connectivity index (χ4v) is 3.37. The smallest absolute Gasteiger partial charge is 0.186 e. The molecule has 2 heterocycles. The molecule has 1 saturated heterocycles. The van der Waals surface area contributed by atoms with Crippen molar-refractivity contribution in [3.63, 3.8) is 0 Å². The quantitative estimate of drug-likeness (QED) is 0.782. The van der Waals surface area contributed by atoms with Crippen LogP contribution in [0.2, 0.25) is 0 Å². The molecule has 0 spiro atoms. The summed E-state index contributed by atoms with van der Waals surface area (Å²) in [6, 6.07) is 0. The Morgan fingerprint density at radius 3 is 2.58 bits per heavy atom. The predicted octanol–water partition coefficient (Wildman–Crippen LogP) is 2.87. The molecule has 106 valence electrons. The average Bonchev–Trinajstić information content (AvgIpc) is 2.71. The van der Waals surface area contributed by atoms with E-state index < -0.39 is 0 Å². The monoisotopic (exact) mass is 282 g/mol. The molecule has 4 nitrogen and oxygen atoms in total. The maximum Gasteiger partial charge on any atom is 0.186 e. The zero-order valence-corrected chi connectivity index (χ0v) is 13.1. The molecule has 0 atom stereocenters. The minimum Gasteiger partial charge on any atom is -0.372 e. The van der Waals surface area contributed by atoms with Gasteiger partial charge in [-0.15, -0.1) is 0 Å². The zero-order chi connectivity index (χ0) is 14.3. The summed E-state index contributed by atoms with van der Waals surface area (Å²) in [5.41, 5.74) is 0.631. The Morgan fingerprint density at radius 1 is 1.42 bits per heavy atom. The fraction of sp³-hybridized carbons (Fsp3) is 0.714. The summed E-state index contributed by atoms with van der Waals surface area (Å²) in [5.74, 6) is 0. The van der Waals surface area contributed by atoms with Crippen molar-refractivity contribution < 1.29 is 9.53 Å². The molecule has 1 aliphatic rings. The number of anilines is 1. The van der Waals surface area contributed by atoms with Crippen LogP contribution in [0.4, 0.5) is 5.13 Å². The highest BCUT2D eigenvalue weighted by Crippen LogP contribution is 2.34. The van der Waals surface area contributed by atoms with Crippen molar-refractivity contribution in [2.75, 3.05) is 24.6 Å². The van der Waals surface area contributed by atoms with E-state index >= 15 is 0 Å². The molecule has 0 bridgehead atoms. The maximum atomic E-state index is 11.2. The third-order valence-corrected chi connectivity index (χ3v) is 4.20. The number of thiazole rings is 1. The number of nitrogens with zero attached hydrogens (tertiary/aromatic N) is 2. The average molecular weight is 282 g/mol. The van der Waals surface area contributed by atoms with E-state index in [9.17, 15) is 4.79 Å². The highest BCUT2D eigenvalue weighted by molar-refractivity contribution is 7.17. The van der Waals surface area contributed by atoms with Gasteiger partial charge in [0.15, 0.2) is 11.4 Å². The van der Waals surface area contributed by atoms with Crippen LogP contribution in [0.15, 0.2) is 0 Å². The van der Waals surface area contributed by atoms with Crippen molar-refractivity contribution in [1.29, 1.82) is 0 Å². The second-order valence-electron chi connectivity index (χ2n) is 6.61. The van der Waals surface area contributed by atoms with Gasteiger partial charge in [0, 0.05) is 18.5 Å². The Bertz CT molecular complexity index is 474. The van der Waals surface area contributed by atoms with Crippen LogP contribution in [0.5, 0.6) is 0 Å². The Balaban J connectivity index is 2.31. The molecule has 19 heavy (non-hydrogen) atoms. The molecule has 0 radical (unpaired) electrons. The van der Waals surface area contributed by atoms with E-state index in [1.807, 2.05) is 0 Å². The molecule has 1 aromatic heterocycles. The number of morpholine rings is 1. The lowest BCUT2D eigenvalue weighted by Crippen LogP contribution is -2.48. The molecule has 0 unspecified atom stereocenters. The molecule has 1 aliphatic heterocycles. The second kappa shape index (κ2) is 4.87. The highest BCUT2D eigenvalue weighted by atomic mass is 32.1. The number of aromatic nitrogens is 1. The second-order valence-corrected chi connectivity index (χ2v) is 7.62. The van der Waals surface area contributed by atoms with Crippen molar-refractivity contribution in [1.82, 2.24) is 4.98 Å². The van der Waals surface area contributed by atoms with Crippen LogP contribution in [-0.2, 0) is 10.2 Å². The molecular weight excluding hydrogens is 260 g/mol. The third kappa shape index (κ3) is 3.15. The van der Waals surface area contributed by atoms with Gasteiger partial charge in [-0.2, -0.15) is 0 Å². The van der Waals surface area contributed by atoms with E-state index in [0.29, 0.717) is 6.61 Å². The van der Waals surface area contributed by atoms with Gasteiger partial charge in [0.25, 0.3) is 0 Å². The van der Waals surface area contributed by atoms with Gasteiger partial charge in [0.1, 0.15) is 0 Å². The van der Waals surface area contributed by atoms with E-state index in [4.69, 9.17) is 9.72 Å². The number of aldehydes is 1. The zero-order valence-electron chi connectivity index (χ0n) is 12.3. The van der Waals surface area contributed by atoms with Crippen LogP contribution in [0.25, 0.3) is 0 Å². The van der Waals surface area contributed by atoms with E-state index in [1.54, 1.807) is 0 Å². The van der Waals surface area contributed by atoms with E-state index in [0.717, 1.165) is 35.1 Å². The molecule has 5 heteroatoms.